The predicted octanol–water partition coefficient (Wildman–Crippen LogP) is 0.936. The van der Waals surface area contributed by atoms with E-state index in [4.69, 9.17) is 27.3 Å². The van der Waals surface area contributed by atoms with E-state index in [1.54, 1.807) is 4.90 Å². The molecule has 0 aromatic heterocycles. The van der Waals surface area contributed by atoms with Gasteiger partial charge in [-0.25, -0.2) is 0 Å². The van der Waals surface area contributed by atoms with Crippen LogP contribution in [0.5, 0.6) is 0 Å². The van der Waals surface area contributed by atoms with Crippen LogP contribution in [0.1, 0.15) is 71.6 Å². The van der Waals surface area contributed by atoms with Crippen LogP contribution in [0.4, 0.5) is 0 Å². The minimum absolute atomic E-state index is 0.0191. The first-order valence-corrected chi connectivity index (χ1v) is 13.0. The number of carbonyl (C=O) groups is 2. The summed E-state index contributed by atoms with van der Waals surface area (Å²) in [6.07, 6.45) is 6.72. The normalized spacial score (nSPS) is 39.1. The van der Waals surface area contributed by atoms with Gasteiger partial charge in [0.2, 0.25) is 5.91 Å². The molecule has 3 unspecified atom stereocenters. The second-order valence-electron chi connectivity index (χ2n) is 11.8. The van der Waals surface area contributed by atoms with Gasteiger partial charge in [0.15, 0.2) is 5.96 Å². The van der Waals surface area contributed by atoms with Gasteiger partial charge < -0.3 is 32.2 Å². The Hall–Kier alpha value is -2.38. The second kappa shape index (κ2) is 9.58. The topological polar surface area (TPSA) is 184 Å². The van der Waals surface area contributed by atoms with Crippen molar-refractivity contribution in [3.8, 4) is 6.07 Å². The average Bonchev–Trinajstić information content (AvgIpc) is 3.07. The van der Waals surface area contributed by atoms with Crippen LogP contribution >= 0.6 is 0 Å². The number of nitrogens with two attached hydrogens (primary N) is 3. The van der Waals surface area contributed by atoms with Gasteiger partial charge in [0.1, 0.15) is 17.7 Å². The van der Waals surface area contributed by atoms with Crippen LogP contribution in [0.2, 0.25) is 0 Å². The Morgan fingerprint density at radius 1 is 1.20 bits per heavy atom. The summed E-state index contributed by atoms with van der Waals surface area (Å²) in [5.41, 5.74) is 17.2. The molecule has 0 radical (unpaired) electrons. The Morgan fingerprint density at radius 2 is 1.86 bits per heavy atom. The van der Waals surface area contributed by atoms with Gasteiger partial charge in [0.25, 0.3) is 0 Å². The summed E-state index contributed by atoms with van der Waals surface area (Å²) in [5, 5.41) is 19.6. The number of guanidine groups is 1. The third-order valence-corrected chi connectivity index (χ3v) is 9.20. The van der Waals surface area contributed by atoms with E-state index in [0.717, 1.165) is 32.1 Å². The fourth-order valence-electron chi connectivity index (χ4n) is 7.80. The zero-order chi connectivity index (χ0) is 25.5. The van der Waals surface area contributed by atoms with Gasteiger partial charge in [0.05, 0.1) is 12.1 Å². The van der Waals surface area contributed by atoms with Crippen LogP contribution in [0.3, 0.4) is 0 Å². The van der Waals surface area contributed by atoms with E-state index in [2.05, 4.69) is 18.3 Å². The summed E-state index contributed by atoms with van der Waals surface area (Å²) < 4.78 is 6.17. The van der Waals surface area contributed by atoms with E-state index < -0.39 is 35.1 Å². The number of hydrogen-bond donors (Lipinski definition) is 5. The maximum atomic E-state index is 13.7. The molecule has 8 N–H and O–H groups in total. The van der Waals surface area contributed by atoms with Crippen LogP contribution < -0.4 is 22.5 Å². The van der Waals surface area contributed by atoms with Gasteiger partial charge >= 0.3 is 5.97 Å². The molecule has 194 valence electrons. The molecule has 7 atom stereocenters. The Balaban J connectivity index is 1.46. The molecule has 4 saturated carbocycles. The molecular formula is C25H41N7O3. The van der Waals surface area contributed by atoms with E-state index in [-0.39, 0.29) is 23.8 Å². The van der Waals surface area contributed by atoms with Crippen LogP contribution in [0, 0.1) is 39.9 Å². The Labute approximate surface area is 207 Å². The lowest BCUT2D eigenvalue weighted by atomic mass is 9.46. The molecule has 0 aromatic carbocycles. The predicted molar refractivity (Wildman–Crippen MR) is 131 cm³/mol. The van der Waals surface area contributed by atoms with Crippen molar-refractivity contribution in [2.24, 2.45) is 40.4 Å². The SMILES string of the molecule is CC1[C@@H](C)C[C@@H](C#N)N1C(=O)[C@@H](N)C12CC3CC(CC(OC(=O)[C@@H](N)CCCNC(=N)N)(C3)C1)C2. The summed E-state index contributed by atoms with van der Waals surface area (Å²) in [5.74, 6) is 0.361. The monoisotopic (exact) mass is 487 g/mol. The molecule has 1 saturated heterocycles. The number of hydrogen-bond acceptors (Lipinski definition) is 7. The zero-order valence-corrected chi connectivity index (χ0v) is 21.0. The molecular weight excluding hydrogens is 446 g/mol. The highest BCUT2D eigenvalue weighted by Crippen LogP contribution is 2.64. The lowest BCUT2D eigenvalue weighted by Crippen LogP contribution is -2.66. The standard InChI is InChI=1S/C25H41N7O3/c1-14-6-18(12-26)32(15(14)2)21(33)20(28)24-8-16-7-17(9-24)11-25(10-16,13-24)35-22(34)19(27)4-3-5-31-23(29)30/h14-20H,3-11,13,27-28H2,1-2H3,(H4,29,30,31)/t14-,15?,16?,17?,18-,19-,20+,24?,25?/m0/s1. The lowest BCUT2D eigenvalue weighted by Gasteiger charge is -2.62. The molecule has 0 aromatic rings. The van der Waals surface area contributed by atoms with Crippen LogP contribution in [-0.2, 0) is 14.3 Å². The highest BCUT2D eigenvalue weighted by atomic mass is 16.6. The van der Waals surface area contributed by atoms with Crippen LogP contribution in [0.25, 0.3) is 0 Å². The van der Waals surface area contributed by atoms with E-state index in [1.165, 1.54) is 0 Å². The number of likely N-dealkylation sites (tertiary alicyclic amines) is 1. The molecule has 5 fully saturated rings. The molecule has 0 spiro atoms. The molecule has 1 aliphatic heterocycles. The summed E-state index contributed by atoms with van der Waals surface area (Å²) in [6.45, 7) is 4.55. The van der Waals surface area contributed by atoms with Crippen molar-refractivity contribution in [3.05, 3.63) is 0 Å². The number of nitrogens with one attached hydrogen (secondary N) is 2. The summed E-state index contributed by atoms with van der Waals surface area (Å²) in [7, 11) is 0. The van der Waals surface area contributed by atoms with E-state index in [9.17, 15) is 14.9 Å². The van der Waals surface area contributed by atoms with Crippen molar-refractivity contribution in [3.63, 3.8) is 0 Å². The number of nitrogens with zero attached hydrogens (tertiary/aromatic N) is 2. The summed E-state index contributed by atoms with van der Waals surface area (Å²) in [4.78, 5) is 28.4. The van der Waals surface area contributed by atoms with Crippen LogP contribution in [0.15, 0.2) is 0 Å². The van der Waals surface area contributed by atoms with Gasteiger partial charge in [0, 0.05) is 12.6 Å². The number of rotatable bonds is 8. The van der Waals surface area contributed by atoms with Gasteiger partial charge in [-0.05, 0) is 87.9 Å². The zero-order valence-electron chi connectivity index (χ0n) is 21.0. The minimum atomic E-state index is -0.744. The molecule has 5 rings (SSSR count). The first-order valence-electron chi connectivity index (χ1n) is 13.0. The largest absolute Gasteiger partial charge is 0.458 e. The number of carbonyl (C=O) groups excluding carboxylic acids is 2. The third-order valence-electron chi connectivity index (χ3n) is 9.20. The molecule has 35 heavy (non-hydrogen) atoms. The van der Waals surface area contributed by atoms with Gasteiger partial charge in [-0.2, -0.15) is 5.26 Å². The van der Waals surface area contributed by atoms with E-state index in [0.29, 0.717) is 44.1 Å². The molecule has 10 heteroatoms. The third kappa shape index (κ3) is 4.85. The van der Waals surface area contributed by atoms with Gasteiger partial charge in [-0.1, -0.05) is 6.92 Å². The molecule has 10 nitrogen and oxygen atoms in total. The van der Waals surface area contributed by atoms with Crippen molar-refractivity contribution in [1.29, 1.82) is 10.7 Å². The highest BCUT2D eigenvalue weighted by Gasteiger charge is 2.63. The fraction of sp³-hybridized carbons (Fsp3) is 0.840. The smallest absolute Gasteiger partial charge is 0.323 e. The first-order chi connectivity index (χ1) is 16.5. The highest BCUT2D eigenvalue weighted by molar-refractivity contribution is 5.84. The second-order valence-corrected chi connectivity index (χ2v) is 11.8. The first kappa shape index (κ1) is 25.7. The van der Waals surface area contributed by atoms with Gasteiger partial charge in [-0.3, -0.25) is 15.0 Å². The number of esters is 1. The average molecular weight is 488 g/mol. The molecule has 4 bridgehead atoms. The van der Waals surface area contributed by atoms with Crippen molar-refractivity contribution >= 4 is 17.8 Å². The fourth-order valence-corrected chi connectivity index (χ4v) is 7.80. The molecule has 5 aliphatic rings. The molecule has 1 heterocycles. The maximum Gasteiger partial charge on any atom is 0.323 e. The van der Waals surface area contributed by atoms with Gasteiger partial charge in [-0.15, -0.1) is 0 Å². The summed E-state index contributed by atoms with van der Waals surface area (Å²) >= 11 is 0. The van der Waals surface area contributed by atoms with Crippen molar-refractivity contribution in [2.75, 3.05) is 6.54 Å². The van der Waals surface area contributed by atoms with E-state index >= 15 is 0 Å². The van der Waals surface area contributed by atoms with Crippen molar-refractivity contribution in [1.82, 2.24) is 10.2 Å². The quantitative estimate of drug-likeness (QED) is 0.145. The molecule has 1 amide bonds. The van der Waals surface area contributed by atoms with Crippen molar-refractivity contribution in [2.45, 2.75) is 101 Å². The Bertz CT molecular complexity index is 888. The number of ether oxygens (including phenoxy) is 1. The van der Waals surface area contributed by atoms with Crippen LogP contribution in [-0.4, -0.2) is 59.0 Å². The summed E-state index contributed by atoms with van der Waals surface area (Å²) in [6, 6.07) is 0.395. The Kier molecular flexibility index (Phi) is 7.04. The minimum Gasteiger partial charge on any atom is -0.458 e. The van der Waals surface area contributed by atoms with Crippen molar-refractivity contribution < 1.29 is 14.3 Å². The number of amides is 1. The number of nitriles is 1. The molecule has 4 aliphatic carbocycles. The van der Waals surface area contributed by atoms with E-state index in [1.807, 2.05) is 6.92 Å². The lowest BCUT2D eigenvalue weighted by molar-refractivity contribution is -0.207. The Morgan fingerprint density at radius 3 is 2.46 bits per heavy atom. The maximum absolute atomic E-state index is 13.7.